The van der Waals surface area contributed by atoms with Gasteiger partial charge < -0.3 is 9.97 Å². The second-order valence-electron chi connectivity index (χ2n) is 2.57. The van der Waals surface area contributed by atoms with Crippen LogP contribution in [0.1, 0.15) is 0 Å². The quantitative estimate of drug-likeness (QED) is 0.564. The molecule has 72 valence electrons. The van der Waals surface area contributed by atoms with Crippen molar-refractivity contribution in [3.63, 3.8) is 0 Å². The second-order valence-corrected chi connectivity index (χ2v) is 4.13. The number of H-pyrrole nitrogens is 2. The number of aromatic nitrogens is 3. The van der Waals surface area contributed by atoms with Crippen molar-refractivity contribution in [3.05, 3.63) is 36.0 Å². The highest BCUT2D eigenvalue weighted by atomic mass is 79.9. The lowest BCUT2D eigenvalue weighted by atomic mass is 10.4. The molecule has 0 aromatic carbocycles. The maximum Gasteiger partial charge on any atom is 0.314 e. The molecule has 2 aromatic rings. The summed E-state index contributed by atoms with van der Waals surface area (Å²) < 4.78 is 1.04. The van der Waals surface area contributed by atoms with Crippen molar-refractivity contribution in [2.45, 2.75) is 0 Å². The molecule has 2 aromatic heterocycles. The van der Waals surface area contributed by atoms with Crippen molar-refractivity contribution < 1.29 is 0 Å². The zero-order valence-corrected chi connectivity index (χ0v) is 9.77. The van der Waals surface area contributed by atoms with Crippen LogP contribution < -0.4 is 11.1 Å². The first-order valence-corrected chi connectivity index (χ1v) is 5.15. The third-order valence-corrected chi connectivity index (χ3v) is 2.62. The van der Waals surface area contributed by atoms with Gasteiger partial charge in [0.25, 0.3) is 0 Å². The summed E-state index contributed by atoms with van der Waals surface area (Å²) >= 11 is 6.34. The third-order valence-electron chi connectivity index (χ3n) is 1.64. The number of aromatic amines is 2. The molecule has 0 atom stereocenters. The molecule has 0 saturated carbocycles. The highest BCUT2D eigenvalue weighted by Crippen LogP contribution is 2.20. The minimum absolute atomic E-state index is 0.468. The van der Waals surface area contributed by atoms with Crippen LogP contribution in [-0.2, 0) is 0 Å². The number of nitrogens with zero attached hydrogens (tertiary/aromatic N) is 1. The Hall–Kier alpha value is -0.950. The highest BCUT2D eigenvalue weighted by Gasteiger charge is 2.05. The number of halogens is 2. The summed E-state index contributed by atoms with van der Waals surface area (Å²) in [6.45, 7) is 0. The van der Waals surface area contributed by atoms with E-state index < -0.39 is 11.1 Å². The molecule has 7 heteroatoms. The van der Waals surface area contributed by atoms with Gasteiger partial charge in [0.15, 0.2) is 0 Å². The van der Waals surface area contributed by atoms with Crippen molar-refractivity contribution in [3.8, 4) is 0 Å². The van der Waals surface area contributed by atoms with Crippen LogP contribution in [0.5, 0.6) is 0 Å². The number of nitrogens with one attached hydrogen (secondary N) is 2. The molecule has 14 heavy (non-hydrogen) atoms. The minimum Gasteiger partial charge on any atom is -0.316 e. The second kappa shape index (κ2) is 3.32. The highest BCUT2D eigenvalue weighted by molar-refractivity contribution is 9.11. The number of hydrogen-bond acceptors (Lipinski definition) is 3. The molecule has 5 nitrogen and oxygen atoms in total. The molecule has 2 N–H and O–H groups in total. The summed E-state index contributed by atoms with van der Waals surface area (Å²) in [5.41, 5.74) is -0.383. The topological polar surface area (TPSA) is 78.6 Å². The van der Waals surface area contributed by atoms with Crippen LogP contribution >= 0.6 is 31.9 Å². The van der Waals surface area contributed by atoms with Crippen LogP contribution in [0.2, 0.25) is 0 Å². The van der Waals surface area contributed by atoms with Gasteiger partial charge in [0.2, 0.25) is 0 Å². The number of pyridine rings is 1. The van der Waals surface area contributed by atoms with Crippen molar-refractivity contribution >= 4 is 42.9 Å². The smallest absolute Gasteiger partial charge is 0.314 e. The van der Waals surface area contributed by atoms with E-state index in [1.54, 1.807) is 6.07 Å². The van der Waals surface area contributed by atoms with E-state index in [9.17, 15) is 9.59 Å². The maximum absolute atomic E-state index is 11.0. The predicted molar refractivity (Wildman–Crippen MR) is 58.4 cm³/mol. The van der Waals surface area contributed by atoms with Gasteiger partial charge in [-0.05, 0) is 37.9 Å². The first-order chi connectivity index (χ1) is 6.58. The lowest BCUT2D eigenvalue weighted by molar-refractivity contribution is 1.11. The van der Waals surface area contributed by atoms with Crippen LogP contribution in [0.15, 0.2) is 24.9 Å². The fraction of sp³-hybridized carbons (Fsp3) is 0. The van der Waals surface area contributed by atoms with Crippen LogP contribution in [-0.4, -0.2) is 15.0 Å². The summed E-state index contributed by atoms with van der Waals surface area (Å²) in [4.78, 5) is 30.9. The maximum atomic E-state index is 11.0. The largest absolute Gasteiger partial charge is 0.316 e. The Morgan fingerprint density at radius 1 is 1.14 bits per heavy atom. The SMILES string of the molecule is O=c1[nH]c2cc(Br)nc(Br)c2[nH]c1=O. The summed E-state index contributed by atoms with van der Waals surface area (Å²) in [5.74, 6) is 0. The van der Waals surface area contributed by atoms with E-state index >= 15 is 0 Å². The van der Waals surface area contributed by atoms with Crippen LogP contribution in [0.4, 0.5) is 0 Å². The van der Waals surface area contributed by atoms with Gasteiger partial charge in [-0.3, -0.25) is 9.59 Å². The Labute approximate surface area is 93.8 Å². The molecule has 0 fully saturated rings. The zero-order valence-electron chi connectivity index (χ0n) is 6.60. The Morgan fingerprint density at radius 3 is 2.50 bits per heavy atom. The molecule has 0 unspecified atom stereocenters. The van der Waals surface area contributed by atoms with Gasteiger partial charge in [0, 0.05) is 0 Å². The Balaban J connectivity index is 3.03. The molecule has 2 heterocycles. The summed E-state index contributed by atoms with van der Waals surface area (Å²) in [6, 6.07) is 1.61. The van der Waals surface area contributed by atoms with Crippen molar-refractivity contribution in [2.24, 2.45) is 0 Å². The number of hydrogen-bond donors (Lipinski definition) is 2. The average Bonchev–Trinajstić information content (AvgIpc) is 2.08. The van der Waals surface area contributed by atoms with Gasteiger partial charge in [0.1, 0.15) is 9.21 Å². The fourth-order valence-corrected chi connectivity index (χ4v) is 2.20. The minimum atomic E-state index is -0.692. The lowest BCUT2D eigenvalue weighted by Crippen LogP contribution is -2.29. The first-order valence-electron chi connectivity index (χ1n) is 3.56. The molecular formula is C7H3Br2N3O2. The van der Waals surface area contributed by atoms with Crippen LogP contribution in [0, 0.1) is 0 Å². The van der Waals surface area contributed by atoms with Gasteiger partial charge in [-0.25, -0.2) is 4.98 Å². The van der Waals surface area contributed by atoms with Gasteiger partial charge in [0.05, 0.1) is 11.0 Å². The monoisotopic (exact) mass is 319 g/mol. The molecular weight excluding hydrogens is 318 g/mol. The van der Waals surface area contributed by atoms with E-state index in [0.717, 1.165) is 0 Å². The summed E-state index contributed by atoms with van der Waals surface area (Å²) in [7, 11) is 0. The molecule has 0 amide bonds. The van der Waals surface area contributed by atoms with E-state index in [0.29, 0.717) is 20.2 Å². The Kier molecular flexibility index (Phi) is 2.28. The Morgan fingerprint density at radius 2 is 1.79 bits per heavy atom. The standard InChI is InChI=1S/C7H3Br2N3O2/c8-3-1-2-4(5(9)11-3)12-7(14)6(13)10-2/h1H,(H,10,13)(H,12,14). The molecule has 0 aliphatic carbocycles. The predicted octanol–water partition coefficient (Wildman–Crippen LogP) is 1.14. The van der Waals surface area contributed by atoms with Gasteiger partial charge in [-0.15, -0.1) is 0 Å². The third kappa shape index (κ3) is 1.53. The number of rotatable bonds is 0. The van der Waals surface area contributed by atoms with Gasteiger partial charge in [-0.1, -0.05) is 0 Å². The van der Waals surface area contributed by atoms with E-state index in [1.165, 1.54) is 0 Å². The molecule has 0 radical (unpaired) electrons. The Bertz CT molecular complexity index is 616. The summed E-state index contributed by atoms with van der Waals surface area (Å²) in [5, 5.41) is 0. The van der Waals surface area contributed by atoms with E-state index in [4.69, 9.17) is 0 Å². The molecule has 0 aliphatic rings. The zero-order chi connectivity index (χ0) is 10.3. The number of fused-ring (bicyclic) bond motifs is 1. The van der Waals surface area contributed by atoms with Crippen molar-refractivity contribution in [1.29, 1.82) is 0 Å². The van der Waals surface area contributed by atoms with Crippen LogP contribution in [0.3, 0.4) is 0 Å². The molecule has 0 bridgehead atoms. The molecule has 2 rings (SSSR count). The molecule has 0 saturated heterocycles. The van der Waals surface area contributed by atoms with Gasteiger partial charge in [-0.2, -0.15) is 0 Å². The van der Waals surface area contributed by atoms with E-state index in [1.807, 2.05) is 0 Å². The van der Waals surface area contributed by atoms with Crippen molar-refractivity contribution in [1.82, 2.24) is 15.0 Å². The van der Waals surface area contributed by atoms with E-state index in [2.05, 4.69) is 46.8 Å². The van der Waals surface area contributed by atoms with E-state index in [-0.39, 0.29) is 0 Å². The first kappa shape index (κ1) is 9.60. The average molecular weight is 321 g/mol. The van der Waals surface area contributed by atoms with Crippen molar-refractivity contribution in [2.75, 3.05) is 0 Å². The fourth-order valence-electron chi connectivity index (χ4n) is 1.05. The van der Waals surface area contributed by atoms with Gasteiger partial charge >= 0.3 is 11.1 Å². The molecule has 0 spiro atoms. The normalized spacial score (nSPS) is 10.7. The molecule has 0 aliphatic heterocycles. The summed E-state index contributed by atoms with van der Waals surface area (Å²) in [6.07, 6.45) is 0. The lowest BCUT2D eigenvalue weighted by Gasteiger charge is -1.99. The van der Waals surface area contributed by atoms with Crippen LogP contribution in [0.25, 0.3) is 11.0 Å².